The summed E-state index contributed by atoms with van der Waals surface area (Å²) in [5.74, 6) is 0.726. The molecule has 0 aromatic rings. The average Bonchev–Trinajstić information content (AvgIpc) is 3.06. The fraction of sp³-hybridized carbons (Fsp3) is 0.875. The zero-order valence-corrected chi connectivity index (χ0v) is 13.5. The highest BCUT2D eigenvalue weighted by molar-refractivity contribution is 5.76. The van der Waals surface area contributed by atoms with Crippen LogP contribution in [0.5, 0.6) is 0 Å². The lowest BCUT2D eigenvalue weighted by atomic mass is 9.79. The molecule has 2 atom stereocenters. The van der Waals surface area contributed by atoms with Crippen molar-refractivity contribution in [1.29, 1.82) is 0 Å². The Morgan fingerprint density at radius 1 is 1.05 bits per heavy atom. The van der Waals surface area contributed by atoms with Crippen LogP contribution in [0.2, 0.25) is 0 Å². The first-order valence-corrected chi connectivity index (χ1v) is 8.79. The van der Waals surface area contributed by atoms with Gasteiger partial charge in [-0.3, -0.25) is 0 Å². The summed E-state index contributed by atoms with van der Waals surface area (Å²) in [6, 6.07) is 0.609. The van der Waals surface area contributed by atoms with Crippen LogP contribution in [0.3, 0.4) is 0 Å². The van der Waals surface area contributed by atoms with Crippen LogP contribution < -0.4 is 10.6 Å². The molecule has 124 valence electrons. The monoisotopic (exact) mass is 308 g/mol. The molecular formula is C16H28N4O2. The normalized spacial score (nSPS) is 28.6. The maximum absolute atomic E-state index is 12.6. The van der Waals surface area contributed by atoms with Crippen LogP contribution in [0.25, 0.3) is 0 Å². The highest BCUT2D eigenvalue weighted by Crippen LogP contribution is 2.37. The van der Waals surface area contributed by atoms with Crippen molar-refractivity contribution in [3.8, 4) is 0 Å². The van der Waals surface area contributed by atoms with E-state index in [-0.39, 0.29) is 18.1 Å². The third-order valence-electron chi connectivity index (χ3n) is 5.39. The Bertz CT molecular complexity index is 424. The van der Waals surface area contributed by atoms with Crippen molar-refractivity contribution < 1.29 is 9.59 Å². The van der Waals surface area contributed by atoms with Gasteiger partial charge in [-0.2, -0.15) is 0 Å². The molecule has 3 rings (SSSR count). The summed E-state index contributed by atoms with van der Waals surface area (Å²) >= 11 is 0. The fourth-order valence-corrected chi connectivity index (χ4v) is 3.94. The third kappa shape index (κ3) is 3.15. The second kappa shape index (κ2) is 6.75. The van der Waals surface area contributed by atoms with Crippen LogP contribution in [0, 0.1) is 5.92 Å². The largest absolute Gasteiger partial charge is 0.338 e. The zero-order valence-electron chi connectivity index (χ0n) is 13.5. The summed E-state index contributed by atoms with van der Waals surface area (Å²) in [4.78, 5) is 28.2. The van der Waals surface area contributed by atoms with Gasteiger partial charge in [-0.05, 0) is 44.9 Å². The Kier molecular flexibility index (Phi) is 4.74. The molecule has 6 nitrogen and oxygen atoms in total. The van der Waals surface area contributed by atoms with Gasteiger partial charge in [0, 0.05) is 38.3 Å². The Morgan fingerprint density at radius 3 is 2.55 bits per heavy atom. The summed E-state index contributed by atoms with van der Waals surface area (Å²) in [6.45, 7) is 4.80. The Balaban J connectivity index is 1.48. The lowest BCUT2D eigenvalue weighted by molar-refractivity contribution is 0.137. The van der Waals surface area contributed by atoms with Gasteiger partial charge in [0.1, 0.15) is 0 Å². The summed E-state index contributed by atoms with van der Waals surface area (Å²) in [5.41, 5.74) is 0. The van der Waals surface area contributed by atoms with Crippen molar-refractivity contribution in [2.75, 3.05) is 26.2 Å². The number of carbonyl (C=O) groups is 2. The number of urea groups is 2. The lowest BCUT2D eigenvalue weighted by Gasteiger charge is -2.37. The van der Waals surface area contributed by atoms with E-state index in [0.717, 1.165) is 38.3 Å². The average molecular weight is 308 g/mol. The van der Waals surface area contributed by atoms with E-state index >= 15 is 0 Å². The molecule has 0 radical (unpaired) electrons. The van der Waals surface area contributed by atoms with Crippen LogP contribution in [0.1, 0.15) is 45.4 Å². The molecule has 2 aliphatic heterocycles. The van der Waals surface area contributed by atoms with Crippen LogP contribution in [-0.4, -0.2) is 60.1 Å². The molecule has 1 aliphatic carbocycles. The molecule has 0 bridgehead atoms. The predicted octanol–water partition coefficient (Wildman–Crippen LogP) is 1.76. The molecule has 2 heterocycles. The van der Waals surface area contributed by atoms with Crippen molar-refractivity contribution in [2.24, 2.45) is 5.92 Å². The molecule has 3 fully saturated rings. The van der Waals surface area contributed by atoms with E-state index in [2.05, 4.69) is 15.5 Å². The van der Waals surface area contributed by atoms with E-state index in [1.165, 1.54) is 19.3 Å². The number of hydrogen-bond acceptors (Lipinski definition) is 2. The molecule has 0 aromatic heterocycles. The number of nitrogens with one attached hydrogen (secondary N) is 2. The van der Waals surface area contributed by atoms with Gasteiger partial charge in [0.15, 0.2) is 0 Å². The predicted molar refractivity (Wildman–Crippen MR) is 84.7 cm³/mol. The first-order chi connectivity index (χ1) is 10.7. The van der Waals surface area contributed by atoms with Gasteiger partial charge in [0.05, 0.1) is 0 Å². The highest BCUT2D eigenvalue weighted by Gasteiger charge is 2.38. The maximum Gasteiger partial charge on any atom is 0.317 e. The molecule has 3 aliphatic rings. The molecule has 4 amide bonds. The molecule has 2 saturated heterocycles. The van der Waals surface area contributed by atoms with Crippen LogP contribution in [-0.2, 0) is 0 Å². The van der Waals surface area contributed by atoms with Gasteiger partial charge in [0.2, 0.25) is 0 Å². The van der Waals surface area contributed by atoms with Gasteiger partial charge < -0.3 is 20.4 Å². The van der Waals surface area contributed by atoms with E-state index in [4.69, 9.17) is 0 Å². The van der Waals surface area contributed by atoms with Crippen LogP contribution >= 0.6 is 0 Å². The number of nitrogens with zero attached hydrogens (tertiary/aromatic N) is 2. The van der Waals surface area contributed by atoms with Crippen molar-refractivity contribution in [3.05, 3.63) is 0 Å². The molecule has 6 heteroatoms. The molecule has 0 unspecified atom stereocenters. The van der Waals surface area contributed by atoms with Gasteiger partial charge in [-0.15, -0.1) is 0 Å². The number of rotatable bonds is 3. The minimum Gasteiger partial charge on any atom is -0.338 e. The molecule has 0 aromatic carbocycles. The standard InChI is InChI=1S/C16H28N4O2/c1-2-17-15(21)19-10-8-13(11-19)18-16(22)20-9-4-7-14(20)12-5-3-6-12/h12-14H,2-11H2,1H3,(H,17,21)(H,18,22)/t13-,14+/m1/s1. The molecule has 0 spiro atoms. The van der Waals surface area contributed by atoms with E-state index < -0.39 is 0 Å². The number of carbonyl (C=O) groups excluding carboxylic acids is 2. The van der Waals surface area contributed by atoms with Crippen molar-refractivity contribution >= 4 is 12.1 Å². The van der Waals surface area contributed by atoms with E-state index in [0.29, 0.717) is 19.1 Å². The van der Waals surface area contributed by atoms with Crippen molar-refractivity contribution in [2.45, 2.75) is 57.5 Å². The quantitative estimate of drug-likeness (QED) is 0.834. The minimum atomic E-state index is -0.0206. The summed E-state index contributed by atoms with van der Waals surface area (Å²) in [6.07, 6.45) is 7.02. The number of likely N-dealkylation sites (tertiary alicyclic amines) is 2. The van der Waals surface area contributed by atoms with Gasteiger partial charge in [-0.25, -0.2) is 9.59 Å². The number of amides is 4. The van der Waals surface area contributed by atoms with Gasteiger partial charge in [-0.1, -0.05) is 6.42 Å². The van der Waals surface area contributed by atoms with E-state index in [1.807, 2.05) is 6.92 Å². The van der Waals surface area contributed by atoms with Crippen molar-refractivity contribution in [1.82, 2.24) is 20.4 Å². The summed E-state index contributed by atoms with van der Waals surface area (Å²) in [5, 5.41) is 5.96. The second-order valence-corrected chi connectivity index (χ2v) is 6.81. The lowest BCUT2D eigenvalue weighted by Crippen LogP contribution is -2.50. The Morgan fingerprint density at radius 2 is 1.86 bits per heavy atom. The third-order valence-corrected chi connectivity index (χ3v) is 5.39. The van der Waals surface area contributed by atoms with Gasteiger partial charge >= 0.3 is 12.1 Å². The molecule has 1 saturated carbocycles. The Labute approximate surface area is 132 Å². The SMILES string of the molecule is CCNC(=O)N1CC[C@@H](NC(=O)N2CCC[C@H]2C2CCC2)C1. The van der Waals surface area contributed by atoms with Crippen molar-refractivity contribution in [3.63, 3.8) is 0 Å². The minimum absolute atomic E-state index is 0.0206. The molecule has 2 N–H and O–H groups in total. The smallest absolute Gasteiger partial charge is 0.317 e. The van der Waals surface area contributed by atoms with Crippen LogP contribution in [0.15, 0.2) is 0 Å². The number of hydrogen-bond donors (Lipinski definition) is 2. The van der Waals surface area contributed by atoms with E-state index in [1.54, 1.807) is 4.90 Å². The summed E-state index contributed by atoms with van der Waals surface area (Å²) < 4.78 is 0. The zero-order chi connectivity index (χ0) is 15.5. The molecular weight excluding hydrogens is 280 g/mol. The van der Waals surface area contributed by atoms with Gasteiger partial charge in [0.25, 0.3) is 0 Å². The van der Waals surface area contributed by atoms with Crippen LogP contribution in [0.4, 0.5) is 9.59 Å². The highest BCUT2D eigenvalue weighted by atomic mass is 16.2. The molecule has 22 heavy (non-hydrogen) atoms. The Hall–Kier alpha value is -1.46. The summed E-state index contributed by atoms with van der Waals surface area (Å²) in [7, 11) is 0. The maximum atomic E-state index is 12.6. The topological polar surface area (TPSA) is 64.7 Å². The van der Waals surface area contributed by atoms with E-state index in [9.17, 15) is 9.59 Å². The first kappa shape index (κ1) is 15.4. The first-order valence-electron chi connectivity index (χ1n) is 8.79. The second-order valence-electron chi connectivity index (χ2n) is 6.81. The fourth-order valence-electron chi connectivity index (χ4n) is 3.94.